The van der Waals surface area contributed by atoms with Crippen LogP contribution in [0.25, 0.3) is 0 Å². The molecule has 1 aliphatic heterocycles. The summed E-state index contributed by atoms with van der Waals surface area (Å²) in [4.78, 5) is 45.3. The second kappa shape index (κ2) is 10.2. The number of carbonyl (C=O) groups is 1. The molecule has 0 radical (unpaired) electrons. The standard InChI is InChI=1S/C28H28N4O6S/c1-28(2)12-19-23(20(33)13-28)22(18-11-17(37-3)9-10-21(18)38-4)24-25(29-19)30-27(31-26(24)34)39-14-15-5-7-16(8-6-15)32(35)36/h5-11,22H,12-14H2,1-4H3,(H2,29,30,31,34)/t22-/m1/s1. The lowest BCUT2D eigenvalue weighted by Gasteiger charge is -2.38. The highest BCUT2D eigenvalue weighted by molar-refractivity contribution is 7.98. The number of nitro groups is 1. The summed E-state index contributed by atoms with van der Waals surface area (Å²) in [6.45, 7) is 4.09. The molecule has 39 heavy (non-hydrogen) atoms. The Labute approximate surface area is 229 Å². The van der Waals surface area contributed by atoms with Gasteiger partial charge in [-0.15, -0.1) is 0 Å². The predicted molar refractivity (Wildman–Crippen MR) is 148 cm³/mol. The number of non-ortho nitro benzene ring substituents is 1. The summed E-state index contributed by atoms with van der Waals surface area (Å²) in [7, 11) is 3.11. The number of Topliss-reactive ketones (excluding diaryl/α,β-unsaturated/α-hetero) is 1. The third-order valence-corrected chi connectivity index (χ3v) is 7.92. The normalized spacial score (nSPS) is 17.6. The molecule has 202 valence electrons. The summed E-state index contributed by atoms with van der Waals surface area (Å²) in [5.74, 6) is 1.25. The molecule has 0 amide bonds. The van der Waals surface area contributed by atoms with Gasteiger partial charge in [0.25, 0.3) is 11.2 Å². The van der Waals surface area contributed by atoms with Gasteiger partial charge in [0.05, 0.1) is 30.6 Å². The first kappa shape index (κ1) is 26.5. The Morgan fingerprint density at radius 3 is 2.51 bits per heavy atom. The summed E-state index contributed by atoms with van der Waals surface area (Å²) >= 11 is 1.31. The zero-order valence-electron chi connectivity index (χ0n) is 22.0. The van der Waals surface area contributed by atoms with Crippen molar-refractivity contribution in [2.45, 2.75) is 43.5 Å². The van der Waals surface area contributed by atoms with Gasteiger partial charge in [-0.25, -0.2) is 4.98 Å². The van der Waals surface area contributed by atoms with Gasteiger partial charge in [0.1, 0.15) is 17.3 Å². The van der Waals surface area contributed by atoms with Crippen LogP contribution in [0.3, 0.4) is 0 Å². The maximum Gasteiger partial charge on any atom is 0.269 e. The molecule has 2 aliphatic rings. The average Bonchev–Trinajstić information content (AvgIpc) is 2.89. The highest BCUT2D eigenvalue weighted by atomic mass is 32.2. The van der Waals surface area contributed by atoms with Crippen molar-refractivity contribution in [3.05, 3.63) is 90.9 Å². The first-order valence-corrected chi connectivity index (χ1v) is 13.3. The molecule has 1 atom stereocenters. The number of fused-ring (bicyclic) bond motifs is 1. The van der Waals surface area contributed by atoms with Gasteiger partial charge in [-0.1, -0.05) is 37.7 Å². The number of rotatable bonds is 7. The molecule has 0 fully saturated rings. The molecule has 5 rings (SSSR count). The Balaban J connectivity index is 1.58. The number of aromatic amines is 1. The van der Waals surface area contributed by atoms with E-state index in [-0.39, 0.29) is 22.4 Å². The third kappa shape index (κ3) is 5.14. The number of carbonyl (C=O) groups excluding carboxylic acids is 1. The van der Waals surface area contributed by atoms with Crippen molar-refractivity contribution < 1.29 is 19.2 Å². The van der Waals surface area contributed by atoms with E-state index in [4.69, 9.17) is 14.5 Å². The van der Waals surface area contributed by atoms with E-state index in [0.29, 0.717) is 57.8 Å². The van der Waals surface area contributed by atoms with Gasteiger partial charge in [-0.3, -0.25) is 19.7 Å². The highest BCUT2D eigenvalue weighted by Gasteiger charge is 2.43. The van der Waals surface area contributed by atoms with Gasteiger partial charge in [0, 0.05) is 41.1 Å². The molecule has 2 aromatic carbocycles. The molecular formula is C28H28N4O6S. The number of H-pyrrole nitrogens is 1. The third-order valence-electron chi connectivity index (χ3n) is 6.97. The number of allylic oxidation sites excluding steroid dienone is 2. The van der Waals surface area contributed by atoms with Crippen LogP contribution in [0.4, 0.5) is 11.5 Å². The van der Waals surface area contributed by atoms with E-state index >= 15 is 0 Å². The molecular weight excluding hydrogens is 520 g/mol. The van der Waals surface area contributed by atoms with E-state index in [9.17, 15) is 19.7 Å². The Morgan fingerprint density at radius 2 is 1.85 bits per heavy atom. The Bertz CT molecular complexity index is 1560. The maximum atomic E-state index is 13.6. The quantitative estimate of drug-likeness (QED) is 0.177. The number of methoxy groups -OCH3 is 2. The van der Waals surface area contributed by atoms with Crippen molar-refractivity contribution in [3.63, 3.8) is 0 Å². The average molecular weight is 549 g/mol. The number of hydrogen-bond acceptors (Lipinski definition) is 9. The minimum absolute atomic E-state index is 0.0151. The van der Waals surface area contributed by atoms with Crippen LogP contribution < -0.4 is 20.3 Å². The maximum absolute atomic E-state index is 13.6. The summed E-state index contributed by atoms with van der Waals surface area (Å²) in [5, 5.41) is 14.6. The molecule has 0 bridgehead atoms. The fourth-order valence-corrected chi connectivity index (χ4v) is 6.02. The lowest BCUT2D eigenvalue weighted by Crippen LogP contribution is -2.37. The minimum Gasteiger partial charge on any atom is -0.497 e. The molecule has 11 heteroatoms. The van der Waals surface area contributed by atoms with Crippen LogP contribution in [0, 0.1) is 15.5 Å². The Kier molecular flexibility index (Phi) is 6.94. The SMILES string of the molecule is COc1ccc(OC)c([C@@H]2C3=C(CC(C)(C)CC3=O)Nc3nc(SCc4ccc([N+](=O)[O-])cc4)[nH]c(=O)c32)c1. The van der Waals surface area contributed by atoms with Crippen molar-refractivity contribution in [3.8, 4) is 11.5 Å². The zero-order chi connectivity index (χ0) is 27.9. The van der Waals surface area contributed by atoms with Crippen LogP contribution >= 0.6 is 11.8 Å². The van der Waals surface area contributed by atoms with Gasteiger partial charge in [-0.05, 0) is 35.6 Å². The minimum atomic E-state index is -0.685. The summed E-state index contributed by atoms with van der Waals surface area (Å²) in [5.41, 5.74) is 2.54. The molecule has 2 heterocycles. The van der Waals surface area contributed by atoms with Crippen LogP contribution in [-0.2, 0) is 10.5 Å². The van der Waals surface area contributed by atoms with Crippen molar-refractivity contribution in [2.24, 2.45) is 5.41 Å². The molecule has 0 spiro atoms. The number of nitrogens with one attached hydrogen (secondary N) is 2. The molecule has 0 unspecified atom stereocenters. The monoisotopic (exact) mass is 548 g/mol. The lowest BCUT2D eigenvalue weighted by atomic mass is 9.69. The summed E-state index contributed by atoms with van der Waals surface area (Å²) < 4.78 is 11.1. The van der Waals surface area contributed by atoms with Gasteiger partial charge >= 0.3 is 0 Å². The number of ketones is 1. The molecule has 0 saturated carbocycles. The van der Waals surface area contributed by atoms with Gasteiger partial charge in [0.2, 0.25) is 0 Å². The van der Waals surface area contributed by atoms with E-state index in [1.807, 2.05) is 13.8 Å². The van der Waals surface area contributed by atoms with Gasteiger partial charge in [-0.2, -0.15) is 0 Å². The van der Waals surface area contributed by atoms with Crippen molar-refractivity contribution in [2.75, 3.05) is 19.5 Å². The van der Waals surface area contributed by atoms with E-state index < -0.39 is 10.8 Å². The van der Waals surface area contributed by atoms with E-state index in [0.717, 1.165) is 11.3 Å². The first-order valence-electron chi connectivity index (χ1n) is 12.4. The molecule has 0 saturated heterocycles. The molecule has 3 aromatic rings. The number of benzene rings is 2. The molecule has 2 N–H and O–H groups in total. The van der Waals surface area contributed by atoms with Gasteiger partial charge < -0.3 is 19.8 Å². The topological polar surface area (TPSA) is 136 Å². The molecule has 1 aliphatic carbocycles. The predicted octanol–water partition coefficient (Wildman–Crippen LogP) is 5.19. The fraction of sp³-hybridized carbons (Fsp3) is 0.321. The Hall–Kier alpha value is -4.12. The zero-order valence-corrected chi connectivity index (χ0v) is 22.8. The smallest absolute Gasteiger partial charge is 0.269 e. The van der Waals surface area contributed by atoms with Crippen LogP contribution in [0.2, 0.25) is 0 Å². The number of nitro benzene ring substituents is 1. The van der Waals surface area contributed by atoms with Crippen molar-refractivity contribution >= 4 is 29.1 Å². The van der Waals surface area contributed by atoms with Crippen LogP contribution in [0.15, 0.2) is 63.7 Å². The first-order chi connectivity index (χ1) is 18.6. The fourth-order valence-electron chi connectivity index (χ4n) is 5.20. The van der Waals surface area contributed by atoms with E-state index in [2.05, 4.69) is 10.3 Å². The number of hydrogen-bond donors (Lipinski definition) is 2. The second-order valence-corrected chi connectivity index (χ2v) is 11.3. The summed E-state index contributed by atoms with van der Waals surface area (Å²) in [6.07, 6.45) is 0.982. The Morgan fingerprint density at radius 1 is 1.10 bits per heavy atom. The second-order valence-electron chi connectivity index (χ2n) is 10.3. The molecule has 1 aromatic heterocycles. The summed E-state index contributed by atoms with van der Waals surface area (Å²) in [6, 6.07) is 11.6. The number of aromatic nitrogens is 2. The van der Waals surface area contributed by atoms with Gasteiger partial charge in [0.15, 0.2) is 10.9 Å². The van der Waals surface area contributed by atoms with Crippen molar-refractivity contribution in [1.29, 1.82) is 0 Å². The number of nitrogens with zero attached hydrogens (tertiary/aromatic N) is 2. The largest absolute Gasteiger partial charge is 0.497 e. The lowest BCUT2D eigenvalue weighted by molar-refractivity contribution is -0.384. The number of thioether (sulfide) groups is 1. The van der Waals surface area contributed by atoms with Crippen molar-refractivity contribution in [1.82, 2.24) is 9.97 Å². The number of ether oxygens (including phenoxy) is 2. The van der Waals surface area contributed by atoms with E-state index in [1.54, 1.807) is 44.6 Å². The van der Waals surface area contributed by atoms with Crippen LogP contribution in [0.1, 0.15) is 49.3 Å². The number of anilines is 1. The highest BCUT2D eigenvalue weighted by Crippen LogP contribution is 2.49. The van der Waals surface area contributed by atoms with Crippen LogP contribution in [-0.4, -0.2) is 34.9 Å². The van der Waals surface area contributed by atoms with Crippen LogP contribution in [0.5, 0.6) is 11.5 Å². The van der Waals surface area contributed by atoms with E-state index in [1.165, 1.54) is 23.9 Å². The molecule has 10 nitrogen and oxygen atoms in total.